The lowest BCUT2D eigenvalue weighted by molar-refractivity contribution is -0.120. The zero-order valence-corrected chi connectivity index (χ0v) is 17.0. The highest BCUT2D eigenvalue weighted by Gasteiger charge is 2.27. The lowest BCUT2D eigenvalue weighted by Gasteiger charge is -2.29. The molecule has 1 fully saturated rings. The van der Waals surface area contributed by atoms with Crippen LogP contribution in [0.1, 0.15) is 20.3 Å². The monoisotopic (exact) mass is 396 g/mol. The Balaban J connectivity index is 1.84. The van der Waals surface area contributed by atoms with E-state index in [1.807, 2.05) is 44.2 Å². The maximum atomic E-state index is 12.9. The van der Waals surface area contributed by atoms with E-state index in [1.54, 1.807) is 0 Å². The number of piperazine rings is 1. The van der Waals surface area contributed by atoms with Gasteiger partial charge < -0.3 is 20.5 Å². The minimum absolute atomic E-state index is 0.113. The smallest absolute Gasteiger partial charge is 0.244 e. The van der Waals surface area contributed by atoms with E-state index >= 15 is 0 Å². The molecular formula is C21H28N6O2. The van der Waals surface area contributed by atoms with Gasteiger partial charge in [-0.2, -0.15) is 5.26 Å². The van der Waals surface area contributed by atoms with E-state index in [-0.39, 0.29) is 18.4 Å². The lowest BCUT2D eigenvalue weighted by Crippen LogP contribution is -2.45. The topological polar surface area (TPSA) is 111 Å². The second-order valence-electron chi connectivity index (χ2n) is 7.65. The normalized spacial score (nSPS) is 15.2. The highest BCUT2D eigenvalue weighted by molar-refractivity contribution is 6.00. The first-order valence-corrected chi connectivity index (χ1v) is 9.95. The zero-order chi connectivity index (χ0) is 20.8. The Morgan fingerprint density at radius 2 is 2.03 bits per heavy atom. The molecule has 29 heavy (non-hydrogen) atoms. The maximum absolute atomic E-state index is 12.9. The van der Waals surface area contributed by atoms with Gasteiger partial charge in [0.1, 0.15) is 24.2 Å². The van der Waals surface area contributed by atoms with E-state index in [0.29, 0.717) is 17.8 Å². The minimum Gasteiger partial charge on any atom is -0.369 e. The molecule has 0 unspecified atom stereocenters. The second kappa shape index (κ2) is 9.54. The summed E-state index contributed by atoms with van der Waals surface area (Å²) in [5.41, 5.74) is 9.04. The predicted molar refractivity (Wildman–Crippen MR) is 112 cm³/mol. The largest absolute Gasteiger partial charge is 0.369 e. The van der Waals surface area contributed by atoms with Crippen molar-refractivity contribution in [2.45, 2.75) is 26.3 Å². The molecule has 8 nitrogen and oxygen atoms in total. The SMILES string of the molecule is CC(C)C[C@H](N)C(=O)N(CC#N)c1conc1-c1ccc(N2CCNCC2)cc1. The van der Waals surface area contributed by atoms with Gasteiger partial charge in [-0.15, -0.1) is 0 Å². The van der Waals surface area contributed by atoms with Crippen molar-refractivity contribution in [1.82, 2.24) is 10.5 Å². The van der Waals surface area contributed by atoms with Crippen molar-refractivity contribution < 1.29 is 9.32 Å². The summed E-state index contributed by atoms with van der Waals surface area (Å²) in [5.74, 6) is -0.0282. The molecule has 1 aliphatic heterocycles. The molecule has 0 bridgehead atoms. The summed E-state index contributed by atoms with van der Waals surface area (Å²) in [4.78, 5) is 16.6. The van der Waals surface area contributed by atoms with Crippen LogP contribution in [0.5, 0.6) is 0 Å². The molecule has 1 saturated heterocycles. The molecule has 0 spiro atoms. The molecular weight excluding hydrogens is 368 g/mol. The van der Waals surface area contributed by atoms with Gasteiger partial charge in [0.15, 0.2) is 0 Å². The average molecular weight is 396 g/mol. The van der Waals surface area contributed by atoms with Crippen molar-refractivity contribution in [3.8, 4) is 17.3 Å². The molecule has 0 saturated carbocycles. The molecule has 2 heterocycles. The van der Waals surface area contributed by atoms with Crippen LogP contribution in [0.3, 0.4) is 0 Å². The summed E-state index contributed by atoms with van der Waals surface area (Å²) < 4.78 is 5.17. The van der Waals surface area contributed by atoms with E-state index in [2.05, 4.69) is 15.4 Å². The summed E-state index contributed by atoms with van der Waals surface area (Å²) in [5, 5.41) is 16.7. The van der Waals surface area contributed by atoms with Gasteiger partial charge in [0, 0.05) is 37.4 Å². The number of nitrogens with one attached hydrogen (secondary N) is 1. The Kier molecular flexibility index (Phi) is 6.86. The minimum atomic E-state index is -0.679. The van der Waals surface area contributed by atoms with Crippen LogP contribution >= 0.6 is 0 Å². The van der Waals surface area contributed by atoms with Crippen LogP contribution in [0, 0.1) is 17.2 Å². The van der Waals surface area contributed by atoms with Gasteiger partial charge in [-0.3, -0.25) is 9.69 Å². The highest BCUT2D eigenvalue weighted by atomic mass is 16.5. The first-order valence-electron chi connectivity index (χ1n) is 9.95. The molecule has 0 radical (unpaired) electrons. The number of hydrogen-bond acceptors (Lipinski definition) is 7. The highest BCUT2D eigenvalue weighted by Crippen LogP contribution is 2.31. The number of benzene rings is 1. The number of aromatic nitrogens is 1. The van der Waals surface area contributed by atoms with Crippen molar-refractivity contribution in [2.75, 3.05) is 42.5 Å². The maximum Gasteiger partial charge on any atom is 0.244 e. The molecule has 154 valence electrons. The van der Waals surface area contributed by atoms with Gasteiger partial charge in [-0.1, -0.05) is 31.1 Å². The van der Waals surface area contributed by atoms with E-state index in [9.17, 15) is 10.1 Å². The number of anilines is 2. The van der Waals surface area contributed by atoms with E-state index < -0.39 is 6.04 Å². The molecule has 1 aromatic heterocycles. The van der Waals surface area contributed by atoms with Gasteiger partial charge >= 0.3 is 0 Å². The number of nitrogens with zero attached hydrogens (tertiary/aromatic N) is 4. The number of nitrogens with two attached hydrogens (primary N) is 1. The summed E-state index contributed by atoms with van der Waals surface area (Å²) in [6, 6.07) is 9.37. The van der Waals surface area contributed by atoms with Gasteiger partial charge in [0.05, 0.1) is 12.1 Å². The van der Waals surface area contributed by atoms with Crippen LogP contribution in [0.15, 0.2) is 35.1 Å². The first-order chi connectivity index (χ1) is 14.0. The van der Waals surface area contributed by atoms with Crippen LogP contribution in [-0.4, -0.2) is 49.8 Å². The van der Waals surface area contributed by atoms with Crippen molar-refractivity contribution in [1.29, 1.82) is 5.26 Å². The second-order valence-corrected chi connectivity index (χ2v) is 7.65. The molecule has 8 heteroatoms. The van der Waals surface area contributed by atoms with Crippen LogP contribution in [0.25, 0.3) is 11.3 Å². The third kappa shape index (κ3) is 4.94. The number of hydrogen-bond donors (Lipinski definition) is 2. The molecule has 3 N–H and O–H groups in total. The van der Waals surface area contributed by atoms with Crippen LogP contribution in [-0.2, 0) is 4.79 Å². The van der Waals surface area contributed by atoms with Gasteiger partial charge in [-0.25, -0.2) is 0 Å². The van der Waals surface area contributed by atoms with Crippen molar-refractivity contribution in [3.05, 3.63) is 30.5 Å². The summed E-state index contributed by atoms with van der Waals surface area (Å²) in [7, 11) is 0. The standard InChI is InChI=1S/C21H28N6O2/c1-15(2)13-18(23)21(28)27(10-7-22)19-14-29-25-20(19)16-3-5-17(6-4-16)26-11-8-24-9-12-26/h3-6,14-15,18,24H,8-13,23H2,1-2H3/t18-/m0/s1. The number of carbonyl (C=O) groups excluding carboxylic acids is 1. The third-order valence-corrected chi connectivity index (χ3v) is 5.00. The fraction of sp³-hybridized carbons (Fsp3) is 0.476. The predicted octanol–water partition coefficient (Wildman–Crippen LogP) is 1.98. The van der Waals surface area contributed by atoms with E-state index in [4.69, 9.17) is 10.3 Å². The fourth-order valence-corrected chi connectivity index (χ4v) is 3.54. The van der Waals surface area contributed by atoms with Crippen LogP contribution in [0.4, 0.5) is 11.4 Å². The summed E-state index contributed by atoms with van der Waals surface area (Å²) in [6.07, 6.45) is 1.94. The average Bonchev–Trinajstić information content (AvgIpc) is 3.21. The van der Waals surface area contributed by atoms with Crippen molar-refractivity contribution in [3.63, 3.8) is 0 Å². The Labute approximate surface area is 171 Å². The molecule has 2 aromatic rings. The molecule has 1 amide bonds. The van der Waals surface area contributed by atoms with Crippen LogP contribution < -0.4 is 20.9 Å². The van der Waals surface area contributed by atoms with Crippen molar-refractivity contribution in [2.24, 2.45) is 11.7 Å². The number of rotatable bonds is 7. The Morgan fingerprint density at radius 3 is 2.66 bits per heavy atom. The Hall–Kier alpha value is -2.89. The number of nitriles is 1. The Bertz CT molecular complexity index is 849. The van der Waals surface area contributed by atoms with Crippen molar-refractivity contribution >= 4 is 17.3 Å². The van der Waals surface area contributed by atoms with E-state index in [0.717, 1.165) is 37.4 Å². The van der Waals surface area contributed by atoms with E-state index in [1.165, 1.54) is 11.2 Å². The third-order valence-electron chi connectivity index (χ3n) is 5.00. The molecule has 1 atom stereocenters. The molecule has 1 aromatic carbocycles. The number of amides is 1. The molecule has 1 aliphatic rings. The summed E-state index contributed by atoms with van der Waals surface area (Å²) in [6.45, 7) is 7.77. The molecule has 0 aliphatic carbocycles. The molecule has 3 rings (SSSR count). The lowest BCUT2D eigenvalue weighted by atomic mass is 10.0. The van der Waals surface area contributed by atoms with Gasteiger partial charge in [-0.05, 0) is 24.5 Å². The quantitative estimate of drug-likeness (QED) is 0.688. The van der Waals surface area contributed by atoms with Gasteiger partial charge in [0.2, 0.25) is 5.91 Å². The zero-order valence-electron chi connectivity index (χ0n) is 17.0. The Morgan fingerprint density at radius 1 is 1.34 bits per heavy atom. The van der Waals surface area contributed by atoms with Gasteiger partial charge in [0.25, 0.3) is 0 Å². The van der Waals surface area contributed by atoms with Crippen LogP contribution in [0.2, 0.25) is 0 Å². The fourth-order valence-electron chi connectivity index (χ4n) is 3.54. The number of carbonyl (C=O) groups is 1. The first kappa shape index (κ1) is 20.8. The summed E-state index contributed by atoms with van der Waals surface area (Å²) >= 11 is 0.